The van der Waals surface area contributed by atoms with Crippen molar-refractivity contribution < 1.29 is 32.5 Å². The quantitative estimate of drug-likeness (QED) is 0.0267. The van der Waals surface area contributed by atoms with Crippen molar-refractivity contribution in [2.45, 2.75) is 200 Å². The lowest BCUT2D eigenvalue weighted by Crippen LogP contribution is -2.37. The van der Waals surface area contributed by atoms with Crippen LogP contribution in [0, 0.1) is 0 Å². The van der Waals surface area contributed by atoms with Gasteiger partial charge in [0.1, 0.15) is 19.3 Å². The Bertz CT molecular complexity index is 830. The molecule has 0 aromatic rings. The predicted molar refractivity (Wildman–Crippen MR) is 222 cm³/mol. The van der Waals surface area contributed by atoms with Crippen LogP contribution in [0.5, 0.6) is 0 Å². The number of ether oxygens (including phenoxy) is 2. The lowest BCUT2D eigenvalue weighted by Gasteiger charge is -2.28. The molecule has 0 saturated carbocycles. The molecule has 2 atom stereocenters. The number of quaternary nitrogens is 1. The second kappa shape index (κ2) is 38.7. The third-order valence-electron chi connectivity index (χ3n) is 9.54. The summed E-state index contributed by atoms with van der Waals surface area (Å²) in [4.78, 5) is 12.4. The van der Waals surface area contributed by atoms with E-state index >= 15 is 0 Å². The maximum absolute atomic E-state index is 12.4. The Morgan fingerprint density at radius 1 is 0.500 bits per heavy atom. The van der Waals surface area contributed by atoms with Gasteiger partial charge in [-0.3, -0.25) is 4.57 Å². The average Bonchev–Trinajstić information content (AvgIpc) is 3.10. The molecule has 0 aromatic heterocycles. The largest absolute Gasteiger partial charge is 0.756 e. The van der Waals surface area contributed by atoms with Gasteiger partial charge in [-0.1, -0.05) is 154 Å². The molecule has 0 aromatic carbocycles. The maximum Gasteiger partial charge on any atom is 0.268 e. The smallest absolute Gasteiger partial charge is 0.268 e. The normalized spacial score (nSPS) is 14.2. The molecule has 2 unspecified atom stereocenters. The molecule has 0 aliphatic carbocycles. The second-order valence-corrected chi connectivity index (χ2v) is 17.4. The Morgan fingerprint density at radius 3 is 1.31 bits per heavy atom. The molecule has 0 saturated heterocycles. The molecular weight excluding hydrogens is 669 g/mol. The highest BCUT2D eigenvalue weighted by atomic mass is 31.2. The lowest BCUT2D eigenvalue weighted by molar-refractivity contribution is -0.870. The summed E-state index contributed by atoms with van der Waals surface area (Å²) in [6.45, 7) is 6.70. The van der Waals surface area contributed by atoms with Crippen LogP contribution in [0.2, 0.25) is 0 Å². The van der Waals surface area contributed by atoms with Gasteiger partial charge >= 0.3 is 0 Å². The van der Waals surface area contributed by atoms with Crippen molar-refractivity contribution in [2.75, 3.05) is 60.7 Å². The van der Waals surface area contributed by atoms with E-state index in [0.717, 1.165) is 25.7 Å². The van der Waals surface area contributed by atoms with Crippen LogP contribution in [0.1, 0.15) is 194 Å². The summed E-state index contributed by atoms with van der Waals surface area (Å²) in [5, 5.41) is 0. The highest BCUT2D eigenvalue weighted by molar-refractivity contribution is 7.45. The minimum Gasteiger partial charge on any atom is -0.756 e. The van der Waals surface area contributed by atoms with Crippen LogP contribution in [0.15, 0.2) is 24.3 Å². The first-order valence-corrected chi connectivity index (χ1v) is 23.6. The number of phosphoric ester groups is 1. The van der Waals surface area contributed by atoms with Crippen molar-refractivity contribution in [3.05, 3.63) is 24.3 Å². The summed E-state index contributed by atoms with van der Waals surface area (Å²) in [6, 6.07) is 0. The highest BCUT2D eigenvalue weighted by Crippen LogP contribution is 2.38. The van der Waals surface area contributed by atoms with Gasteiger partial charge in [0.05, 0.1) is 34.4 Å². The SMILES string of the molecule is CCCCCCCC/C=C/CCCCCCCCOCC(COP(=O)([O-])OCC[N+](C)(C)C)OCCCCCCCC/C=C/CCCCCCCC. The summed E-state index contributed by atoms with van der Waals surface area (Å²) in [6.07, 6.45) is 44.7. The zero-order valence-corrected chi connectivity index (χ0v) is 36.2. The first kappa shape index (κ1) is 51.5. The molecule has 0 aliphatic heterocycles. The third-order valence-corrected chi connectivity index (χ3v) is 10.5. The number of rotatable bonds is 42. The van der Waals surface area contributed by atoms with Crippen LogP contribution in [-0.2, 0) is 23.1 Å². The van der Waals surface area contributed by atoms with E-state index in [-0.39, 0.29) is 13.2 Å². The van der Waals surface area contributed by atoms with Crippen molar-refractivity contribution in [1.82, 2.24) is 0 Å². The van der Waals surface area contributed by atoms with Gasteiger partial charge in [0.25, 0.3) is 7.82 Å². The van der Waals surface area contributed by atoms with Crippen molar-refractivity contribution in [3.63, 3.8) is 0 Å². The van der Waals surface area contributed by atoms with E-state index in [9.17, 15) is 9.46 Å². The van der Waals surface area contributed by atoms with E-state index < -0.39 is 13.9 Å². The number of allylic oxidation sites excluding steroid dienone is 4. The molecule has 0 heterocycles. The fourth-order valence-corrected chi connectivity index (χ4v) is 6.78. The zero-order chi connectivity index (χ0) is 38.3. The van der Waals surface area contributed by atoms with Gasteiger partial charge in [-0.15, -0.1) is 0 Å². The standard InChI is InChI=1S/C44H88NO6P/c1-6-8-10-12-14-16-18-20-22-24-26-28-30-32-34-36-39-48-42-44(43-51-52(46,47)50-41-38-45(3,4)5)49-40-37-35-33-31-29-27-25-23-21-19-17-15-13-11-9-7-2/h20-23,44H,6-19,24-43H2,1-5H3/b22-20+,23-21+. The van der Waals surface area contributed by atoms with E-state index in [1.165, 1.54) is 154 Å². The Balaban J connectivity index is 4.11. The van der Waals surface area contributed by atoms with Gasteiger partial charge in [-0.25, -0.2) is 0 Å². The molecule has 0 fully saturated rings. The van der Waals surface area contributed by atoms with Crippen LogP contribution >= 0.6 is 7.82 Å². The minimum absolute atomic E-state index is 0.0784. The van der Waals surface area contributed by atoms with E-state index in [1.54, 1.807) is 0 Å². The number of nitrogens with zero attached hydrogens (tertiary/aromatic N) is 1. The topological polar surface area (TPSA) is 77.1 Å². The average molecular weight is 758 g/mol. The Labute approximate surface area is 324 Å². The molecule has 0 rings (SSSR count). The Morgan fingerprint density at radius 2 is 0.885 bits per heavy atom. The van der Waals surface area contributed by atoms with Gasteiger partial charge in [-0.2, -0.15) is 0 Å². The Kier molecular flexibility index (Phi) is 38.3. The summed E-state index contributed by atoms with van der Waals surface area (Å²) in [5.41, 5.74) is 0. The first-order chi connectivity index (χ1) is 25.2. The van der Waals surface area contributed by atoms with E-state index in [0.29, 0.717) is 30.8 Å². The lowest BCUT2D eigenvalue weighted by atomic mass is 10.1. The summed E-state index contributed by atoms with van der Waals surface area (Å²) in [5.74, 6) is 0. The molecule has 310 valence electrons. The zero-order valence-electron chi connectivity index (χ0n) is 35.3. The van der Waals surface area contributed by atoms with E-state index in [2.05, 4.69) is 38.2 Å². The van der Waals surface area contributed by atoms with Crippen molar-refractivity contribution in [3.8, 4) is 0 Å². The number of phosphoric acid groups is 1. The van der Waals surface area contributed by atoms with Gasteiger partial charge in [0.15, 0.2) is 0 Å². The van der Waals surface area contributed by atoms with E-state index in [4.69, 9.17) is 18.5 Å². The molecule has 8 heteroatoms. The van der Waals surface area contributed by atoms with Crippen LogP contribution in [0.4, 0.5) is 0 Å². The van der Waals surface area contributed by atoms with Gasteiger partial charge in [0.2, 0.25) is 0 Å². The van der Waals surface area contributed by atoms with Crippen LogP contribution < -0.4 is 4.89 Å². The second-order valence-electron chi connectivity index (χ2n) is 16.0. The first-order valence-electron chi connectivity index (χ1n) is 22.1. The molecule has 0 amide bonds. The molecule has 0 N–H and O–H groups in total. The fraction of sp³-hybridized carbons (Fsp3) is 0.909. The van der Waals surface area contributed by atoms with Crippen LogP contribution in [0.25, 0.3) is 0 Å². The van der Waals surface area contributed by atoms with E-state index in [1.807, 2.05) is 21.1 Å². The summed E-state index contributed by atoms with van der Waals surface area (Å²) >= 11 is 0. The Hall–Kier alpha value is -0.530. The molecule has 52 heavy (non-hydrogen) atoms. The maximum atomic E-state index is 12.4. The molecule has 0 aliphatic rings. The number of hydrogen-bond acceptors (Lipinski definition) is 6. The highest BCUT2D eigenvalue weighted by Gasteiger charge is 2.18. The molecule has 0 radical (unpaired) electrons. The van der Waals surface area contributed by atoms with Crippen LogP contribution in [0.3, 0.4) is 0 Å². The number of hydrogen-bond donors (Lipinski definition) is 0. The van der Waals surface area contributed by atoms with Crippen molar-refractivity contribution >= 4 is 7.82 Å². The van der Waals surface area contributed by atoms with Crippen molar-refractivity contribution in [2.24, 2.45) is 0 Å². The molecule has 0 spiro atoms. The minimum atomic E-state index is -4.39. The molecule has 7 nitrogen and oxygen atoms in total. The predicted octanol–water partition coefficient (Wildman–Crippen LogP) is 12.7. The number of likely N-dealkylation sites (N-methyl/N-ethyl adjacent to an activating group) is 1. The third kappa shape index (κ3) is 42.2. The molecular formula is C44H88NO6P. The molecule has 0 bridgehead atoms. The fourth-order valence-electron chi connectivity index (χ4n) is 6.05. The van der Waals surface area contributed by atoms with Gasteiger partial charge in [0, 0.05) is 13.2 Å². The van der Waals surface area contributed by atoms with Gasteiger partial charge < -0.3 is 27.9 Å². The monoisotopic (exact) mass is 758 g/mol. The van der Waals surface area contributed by atoms with Crippen LogP contribution in [-0.4, -0.2) is 71.3 Å². The van der Waals surface area contributed by atoms with Crippen molar-refractivity contribution in [1.29, 1.82) is 0 Å². The number of unbranched alkanes of at least 4 members (excludes halogenated alkanes) is 24. The van der Waals surface area contributed by atoms with Gasteiger partial charge in [-0.05, 0) is 64.2 Å². The summed E-state index contributed by atoms with van der Waals surface area (Å²) < 4.78 is 35.3. The summed E-state index contributed by atoms with van der Waals surface area (Å²) in [7, 11) is 1.59.